The number of rotatable bonds is 4. The Morgan fingerprint density at radius 2 is 1.65 bits per heavy atom. The van der Waals surface area contributed by atoms with E-state index in [2.05, 4.69) is 32.0 Å². The zero-order valence-corrected chi connectivity index (χ0v) is 11.7. The summed E-state index contributed by atoms with van der Waals surface area (Å²) in [6.45, 7) is 4.10. The Morgan fingerprint density at radius 1 is 1.10 bits per heavy atom. The molecule has 0 fully saturated rings. The van der Waals surface area contributed by atoms with Crippen molar-refractivity contribution in [3.63, 3.8) is 0 Å². The highest BCUT2D eigenvalue weighted by Gasteiger charge is 2.10. The minimum atomic E-state index is -0.395. The highest BCUT2D eigenvalue weighted by atomic mass is 16.6. The first-order valence-electron chi connectivity index (χ1n) is 6.53. The van der Waals surface area contributed by atoms with E-state index in [1.807, 2.05) is 0 Å². The number of non-ortho nitro benzene ring substituents is 1. The molecule has 0 heterocycles. The van der Waals surface area contributed by atoms with Crippen LogP contribution in [-0.2, 0) is 6.42 Å². The van der Waals surface area contributed by atoms with Gasteiger partial charge in [-0.1, -0.05) is 41.5 Å². The Bertz CT molecular complexity index is 601. The predicted molar refractivity (Wildman–Crippen MR) is 79.6 cm³/mol. The van der Waals surface area contributed by atoms with Crippen molar-refractivity contribution in [1.29, 1.82) is 0 Å². The van der Waals surface area contributed by atoms with Gasteiger partial charge in [-0.05, 0) is 31.4 Å². The van der Waals surface area contributed by atoms with Crippen LogP contribution in [-0.4, -0.2) is 4.92 Å². The highest BCUT2D eigenvalue weighted by Crippen LogP contribution is 2.20. The monoisotopic (exact) mass is 270 g/mol. The molecule has 0 saturated carbocycles. The minimum absolute atomic E-state index is 0.102. The standard InChI is InChI=1S/C16H18N2O2/c1-11-7-12(2)9-14(8-11)16(17)10-13-3-5-15(6-4-13)18(19)20/h3-9,16H,10,17H2,1-2H3. The van der Waals surface area contributed by atoms with Gasteiger partial charge in [-0.25, -0.2) is 0 Å². The Morgan fingerprint density at radius 3 is 2.15 bits per heavy atom. The molecule has 0 aliphatic carbocycles. The van der Waals surface area contributed by atoms with Crippen LogP contribution in [0.15, 0.2) is 42.5 Å². The van der Waals surface area contributed by atoms with Crippen molar-refractivity contribution in [2.45, 2.75) is 26.3 Å². The van der Waals surface area contributed by atoms with Gasteiger partial charge >= 0.3 is 0 Å². The third-order valence-corrected chi connectivity index (χ3v) is 3.27. The smallest absolute Gasteiger partial charge is 0.269 e. The number of hydrogen-bond donors (Lipinski definition) is 1. The van der Waals surface area contributed by atoms with Gasteiger partial charge in [-0.15, -0.1) is 0 Å². The van der Waals surface area contributed by atoms with E-state index in [4.69, 9.17) is 5.73 Å². The van der Waals surface area contributed by atoms with E-state index in [0.717, 1.165) is 11.1 Å². The maximum absolute atomic E-state index is 10.6. The number of hydrogen-bond acceptors (Lipinski definition) is 3. The van der Waals surface area contributed by atoms with Crippen LogP contribution in [0.1, 0.15) is 28.3 Å². The molecule has 104 valence electrons. The fourth-order valence-electron chi connectivity index (χ4n) is 2.35. The molecule has 2 N–H and O–H groups in total. The molecular weight excluding hydrogens is 252 g/mol. The molecule has 2 rings (SSSR count). The number of nitrogens with zero attached hydrogens (tertiary/aromatic N) is 1. The molecule has 2 aromatic carbocycles. The Labute approximate surface area is 118 Å². The summed E-state index contributed by atoms with van der Waals surface area (Å²) in [5.74, 6) is 0. The summed E-state index contributed by atoms with van der Waals surface area (Å²) < 4.78 is 0. The first kappa shape index (κ1) is 14.2. The van der Waals surface area contributed by atoms with E-state index >= 15 is 0 Å². The van der Waals surface area contributed by atoms with Gasteiger partial charge < -0.3 is 5.73 Å². The first-order chi connectivity index (χ1) is 9.45. The normalized spacial score (nSPS) is 12.2. The van der Waals surface area contributed by atoms with Gasteiger partial charge in [0.05, 0.1) is 4.92 Å². The lowest BCUT2D eigenvalue weighted by Crippen LogP contribution is -2.13. The summed E-state index contributed by atoms with van der Waals surface area (Å²) in [5, 5.41) is 10.6. The summed E-state index contributed by atoms with van der Waals surface area (Å²) in [6, 6.07) is 12.7. The largest absolute Gasteiger partial charge is 0.324 e. The summed E-state index contributed by atoms with van der Waals surface area (Å²) in [6.07, 6.45) is 0.668. The van der Waals surface area contributed by atoms with Crippen molar-refractivity contribution < 1.29 is 4.92 Å². The number of aryl methyl sites for hydroxylation is 2. The van der Waals surface area contributed by atoms with Crippen LogP contribution in [0.4, 0.5) is 5.69 Å². The van der Waals surface area contributed by atoms with Gasteiger partial charge in [-0.3, -0.25) is 10.1 Å². The zero-order chi connectivity index (χ0) is 14.7. The van der Waals surface area contributed by atoms with Crippen LogP contribution in [0.2, 0.25) is 0 Å². The fourth-order valence-corrected chi connectivity index (χ4v) is 2.35. The second-order valence-electron chi connectivity index (χ2n) is 5.16. The summed E-state index contributed by atoms with van der Waals surface area (Å²) in [5.41, 5.74) is 10.8. The molecule has 1 unspecified atom stereocenters. The van der Waals surface area contributed by atoms with Gasteiger partial charge in [0.1, 0.15) is 0 Å². The summed E-state index contributed by atoms with van der Waals surface area (Å²) in [4.78, 5) is 10.2. The SMILES string of the molecule is Cc1cc(C)cc(C(N)Cc2ccc([N+](=O)[O-])cc2)c1. The van der Waals surface area contributed by atoms with E-state index < -0.39 is 4.92 Å². The van der Waals surface area contributed by atoms with Crippen molar-refractivity contribution in [3.05, 3.63) is 74.8 Å². The van der Waals surface area contributed by atoms with Crippen molar-refractivity contribution in [1.82, 2.24) is 0 Å². The minimum Gasteiger partial charge on any atom is -0.324 e. The molecule has 20 heavy (non-hydrogen) atoms. The lowest BCUT2D eigenvalue weighted by molar-refractivity contribution is -0.384. The molecule has 0 radical (unpaired) electrons. The molecule has 2 aromatic rings. The molecule has 0 bridgehead atoms. The predicted octanol–water partition coefficient (Wildman–Crippen LogP) is 3.45. The van der Waals surface area contributed by atoms with Crippen LogP contribution in [0.5, 0.6) is 0 Å². The maximum atomic E-state index is 10.6. The fraction of sp³-hybridized carbons (Fsp3) is 0.250. The van der Waals surface area contributed by atoms with Crippen molar-refractivity contribution in [2.75, 3.05) is 0 Å². The summed E-state index contributed by atoms with van der Waals surface area (Å²) in [7, 11) is 0. The Balaban J connectivity index is 2.14. The van der Waals surface area contributed by atoms with Gasteiger partial charge in [0, 0.05) is 18.2 Å². The number of nitrogens with two attached hydrogens (primary N) is 1. The maximum Gasteiger partial charge on any atom is 0.269 e. The quantitative estimate of drug-likeness (QED) is 0.683. The topological polar surface area (TPSA) is 69.2 Å². The van der Waals surface area contributed by atoms with Crippen LogP contribution in [0.25, 0.3) is 0 Å². The van der Waals surface area contributed by atoms with Crippen LogP contribution >= 0.6 is 0 Å². The zero-order valence-electron chi connectivity index (χ0n) is 11.7. The van der Waals surface area contributed by atoms with Crippen LogP contribution in [0, 0.1) is 24.0 Å². The molecule has 0 amide bonds. The Hall–Kier alpha value is -2.20. The Kier molecular flexibility index (Phi) is 4.15. The number of benzene rings is 2. The lowest BCUT2D eigenvalue weighted by Gasteiger charge is -2.14. The lowest BCUT2D eigenvalue weighted by atomic mass is 9.96. The third kappa shape index (κ3) is 3.42. The second kappa shape index (κ2) is 5.84. The van der Waals surface area contributed by atoms with Gasteiger partial charge in [0.2, 0.25) is 0 Å². The van der Waals surface area contributed by atoms with E-state index in [9.17, 15) is 10.1 Å². The van der Waals surface area contributed by atoms with Gasteiger partial charge in [0.15, 0.2) is 0 Å². The number of nitro benzene ring substituents is 1. The highest BCUT2D eigenvalue weighted by molar-refractivity contribution is 5.35. The van der Waals surface area contributed by atoms with Gasteiger partial charge in [-0.2, -0.15) is 0 Å². The summed E-state index contributed by atoms with van der Waals surface area (Å²) >= 11 is 0. The molecule has 0 aromatic heterocycles. The van der Waals surface area contributed by atoms with E-state index in [1.54, 1.807) is 12.1 Å². The second-order valence-corrected chi connectivity index (χ2v) is 5.16. The van der Waals surface area contributed by atoms with Crippen molar-refractivity contribution in [3.8, 4) is 0 Å². The molecule has 4 nitrogen and oxygen atoms in total. The van der Waals surface area contributed by atoms with Crippen LogP contribution < -0.4 is 5.73 Å². The average molecular weight is 270 g/mol. The third-order valence-electron chi connectivity index (χ3n) is 3.27. The molecule has 0 aliphatic heterocycles. The molecular formula is C16H18N2O2. The molecule has 0 spiro atoms. The van der Waals surface area contributed by atoms with E-state index in [0.29, 0.717) is 6.42 Å². The molecule has 4 heteroatoms. The van der Waals surface area contributed by atoms with E-state index in [-0.39, 0.29) is 11.7 Å². The first-order valence-corrected chi connectivity index (χ1v) is 6.53. The average Bonchev–Trinajstić information content (AvgIpc) is 2.38. The molecule has 0 aliphatic rings. The van der Waals surface area contributed by atoms with Crippen LogP contribution in [0.3, 0.4) is 0 Å². The van der Waals surface area contributed by atoms with Crippen molar-refractivity contribution in [2.24, 2.45) is 5.73 Å². The molecule has 1 atom stereocenters. The molecule has 0 saturated heterocycles. The van der Waals surface area contributed by atoms with Gasteiger partial charge in [0.25, 0.3) is 5.69 Å². The van der Waals surface area contributed by atoms with E-state index in [1.165, 1.54) is 23.3 Å². The number of nitro groups is 1. The van der Waals surface area contributed by atoms with Crippen molar-refractivity contribution >= 4 is 5.69 Å².